The van der Waals surface area contributed by atoms with Crippen LogP contribution in [-0.4, -0.2) is 19.8 Å². The number of ether oxygens (including phenoxy) is 1. The minimum Gasteiger partial charge on any atom is -0.383 e. The number of methoxy groups -OCH3 is 1. The average Bonchev–Trinajstić information content (AvgIpc) is 2.26. The van der Waals surface area contributed by atoms with Crippen LogP contribution in [0.25, 0.3) is 0 Å². The zero-order chi connectivity index (χ0) is 11.9. The lowest BCUT2D eigenvalue weighted by Crippen LogP contribution is -2.50. The fraction of sp³-hybridized carbons (Fsp3) is 1.00. The van der Waals surface area contributed by atoms with E-state index in [1.807, 2.05) is 0 Å². The molecule has 3 nitrogen and oxygen atoms in total. The van der Waals surface area contributed by atoms with Crippen LogP contribution in [-0.2, 0) is 4.74 Å². The van der Waals surface area contributed by atoms with Crippen molar-refractivity contribution < 1.29 is 4.74 Å². The molecular formula is C14H26N2O. The van der Waals surface area contributed by atoms with Crippen LogP contribution in [0.3, 0.4) is 0 Å². The first-order valence-electron chi connectivity index (χ1n) is 7.18. The van der Waals surface area contributed by atoms with Gasteiger partial charge in [-0.05, 0) is 68.1 Å². The number of hydrogen-bond acceptors (Lipinski definition) is 3. The summed E-state index contributed by atoms with van der Waals surface area (Å²) in [6.07, 6.45) is 10.2. The summed E-state index contributed by atoms with van der Waals surface area (Å²) in [6, 6.07) is 0.344. The van der Waals surface area contributed by atoms with Crippen LogP contribution in [0.2, 0.25) is 0 Å². The zero-order valence-electron chi connectivity index (χ0n) is 11.0. The summed E-state index contributed by atoms with van der Waals surface area (Å²) in [6.45, 7) is 0.748. The highest BCUT2D eigenvalue weighted by molar-refractivity contribution is 5.02. The van der Waals surface area contributed by atoms with Gasteiger partial charge in [0.15, 0.2) is 0 Å². The third-order valence-corrected chi connectivity index (χ3v) is 5.45. The van der Waals surface area contributed by atoms with E-state index in [1.165, 1.54) is 44.9 Å². The Bertz CT molecular complexity index is 244. The summed E-state index contributed by atoms with van der Waals surface area (Å²) in [5, 5.41) is 0. The van der Waals surface area contributed by atoms with Crippen LogP contribution < -0.4 is 11.3 Å². The molecular weight excluding hydrogens is 212 g/mol. The first-order chi connectivity index (χ1) is 8.23. The first kappa shape index (κ1) is 11.9. The van der Waals surface area contributed by atoms with E-state index in [0.717, 1.165) is 24.4 Å². The van der Waals surface area contributed by atoms with E-state index in [2.05, 4.69) is 5.43 Å². The van der Waals surface area contributed by atoms with Gasteiger partial charge in [0.05, 0.1) is 6.61 Å². The van der Waals surface area contributed by atoms with Crippen molar-refractivity contribution in [3.05, 3.63) is 0 Å². The van der Waals surface area contributed by atoms with Crippen molar-refractivity contribution in [2.45, 2.75) is 51.0 Å². The Balaban J connectivity index is 1.69. The summed E-state index contributed by atoms with van der Waals surface area (Å²) in [5.74, 6) is 8.75. The molecule has 0 aromatic carbocycles. The van der Waals surface area contributed by atoms with Gasteiger partial charge in [-0.1, -0.05) is 0 Å². The molecule has 0 aromatic heterocycles. The van der Waals surface area contributed by atoms with Crippen LogP contribution in [0.5, 0.6) is 0 Å². The highest BCUT2D eigenvalue weighted by Crippen LogP contribution is 2.61. The molecule has 98 valence electrons. The minimum absolute atomic E-state index is 0.344. The third kappa shape index (κ3) is 2.25. The molecule has 17 heavy (non-hydrogen) atoms. The minimum atomic E-state index is 0.344. The third-order valence-electron chi connectivity index (χ3n) is 5.45. The molecule has 0 radical (unpaired) electrons. The average molecular weight is 238 g/mol. The van der Waals surface area contributed by atoms with Gasteiger partial charge in [-0.15, -0.1) is 0 Å². The van der Waals surface area contributed by atoms with E-state index >= 15 is 0 Å². The molecule has 3 N–H and O–H groups in total. The molecule has 0 heterocycles. The monoisotopic (exact) mass is 238 g/mol. The molecule has 1 unspecified atom stereocenters. The molecule has 0 aromatic rings. The van der Waals surface area contributed by atoms with E-state index in [4.69, 9.17) is 10.6 Å². The summed E-state index contributed by atoms with van der Waals surface area (Å²) in [4.78, 5) is 0. The summed E-state index contributed by atoms with van der Waals surface area (Å²) < 4.78 is 5.27. The van der Waals surface area contributed by atoms with Gasteiger partial charge in [0.25, 0.3) is 0 Å². The Morgan fingerprint density at radius 3 is 2.12 bits per heavy atom. The lowest BCUT2D eigenvalue weighted by molar-refractivity contribution is -0.0653. The van der Waals surface area contributed by atoms with Crippen LogP contribution >= 0.6 is 0 Å². The van der Waals surface area contributed by atoms with Gasteiger partial charge in [0.1, 0.15) is 0 Å². The molecule has 0 saturated heterocycles. The predicted octanol–water partition coefficient (Wildman–Crippen LogP) is 2.07. The van der Waals surface area contributed by atoms with Gasteiger partial charge in [0, 0.05) is 13.2 Å². The van der Waals surface area contributed by atoms with Crippen molar-refractivity contribution in [2.75, 3.05) is 13.7 Å². The SMILES string of the molecule is COCC(CC12CC3CC(CC(C3)C1)C2)NN. The van der Waals surface area contributed by atoms with Crippen molar-refractivity contribution in [2.24, 2.45) is 29.0 Å². The molecule has 4 saturated carbocycles. The van der Waals surface area contributed by atoms with Crippen LogP contribution in [0.4, 0.5) is 0 Å². The van der Waals surface area contributed by atoms with E-state index in [0.29, 0.717) is 11.5 Å². The van der Waals surface area contributed by atoms with Gasteiger partial charge in [-0.25, -0.2) is 0 Å². The first-order valence-corrected chi connectivity index (χ1v) is 7.18. The van der Waals surface area contributed by atoms with Crippen molar-refractivity contribution >= 4 is 0 Å². The van der Waals surface area contributed by atoms with Crippen molar-refractivity contribution in [3.8, 4) is 0 Å². The summed E-state index contributed by atoms with van der Waals surface area (Å²) in [5.41, 5.74) is 3.55. The summed E-state index contributed by atoms with van der Waals surface area (Å²) in [7, 11) is 1.77. The molecule has 3 heteroatoms. The molecule has 4 bridgehead atoms. The fourth-order valence-corrected chi connectivity index (χ4v) is 5.43. The number of nitrogens with one attached hydrogen (secondary N) is 1. The number of rotatable bonds is 5. The molecule has 0 amide bonds. The number of nitrogens with two attached hydrogens (primary N) is 1. The maximum Gasteiger partial charge on any atom is 0.0629 e. The normalized spacial score (nSPS) is 45.2. The van der Waals surface area contributed by atoms with Gasteiger partial charge in [0.2, 0.25) is 0 Å². The van der Waals surface area contributed by atoms with Gasteiger partial charge >= 0.3 is 0 Å². The Kier molecular flexibility index (Phi) is 3.18. The molecule has 4 fully saturated rings. The quantitative estimate of drug-likeness (QED) is 0.569. The van der Waals surface area contributed by atoms with E-state index < -0.39 is 0 Å². The van der Waals surface area contributed by atoms with E-state index in [9.17, 15) is 0 Å². The van der Waals surface area contributed by atoms with Crippen LogP contribution in [0.1, 0.15) is 44.9 Å². The second-order valence-electron chi connectivity index (χ2n) is 6.94. The Morgan fingerprint density at radius 1 is 1.18 bits per heavy atom. The van der Waals surface area contributed by atoms with Gasteiger partial charge in [-0.2, -0.15) is 0 Å². The molecule has 4 aliphatic rings. The van der Waals surface area contributed by atoms with Crippen LogP contribution in [0, 0.1) is 23.2 Å². The Labute approximate surface area is 104 Å². The standard InChI is InChI=1S/C14H26N2O/c1-17-9-13(16-15)8-14-5-10-2-11(6-14)4-12(3-10)7-14/h10-13,16H,2-9,15H2,1H3. The van der Waals surface area contributed by atoms with Crippen LogP contribution in [0.15, 0.2) is 0 Å². The highest BCUT2D eigenvalue weighted by atomic mass is 16.5. The van der Waals surface area contributed by atoms with Gasteiger partial charge in [-0.3, -0.25) is 11.3 Å². The zero-order valence-corrected chi connectivity index (χ0v) is 11.0. The highest BCUT2D eigenvalue weighted by Gasteiger charge is 2.51. The van der Waals surface area contributed by atoms with E-state index in [1.54, 1.807) is 7.11 Å². The van der Waals surface area contributed by atoms with Crippen molar-refractivity contribution in [1.82, 2.24) is 5.43 Å². The molecule has 0 aliphatic heterocycles. The molecule has 1 atom stereocenters. The largest absolute Gasteiger partial charge is 0.383 e. The Hall–Kier alpha value is -0.120. The smallest absolute Gasteiger partial charge is 0.0629 e. The fourth-order valence-electron chi connectivity index (χ4n) is 5.43. The summed E-state index contributed by atoms with van der Waals surface area (Å²) >= 11 is 0. The lowest BCUT2D eigenvalue weighted by atomic mass is 9.48. The van der Waals surface area contributed by atoms with E-state index in [-0.39, 0.29) is 0 Å². The van der Waals surface area contributed by atoms with Crippen molar-refractivity contribution in [1.29, 1.82) is 0 Å². The van der Waals surface area contributed by atoms with Gasteiger partial charge < -0.3 is 4.74 Å². The predicted molar refractivity (Wildman–Crippen MR) is 68.2 cm³/mol. The number of hydrazine groups is 1. The molecule has 0 spiro atoms. The molecule has 4 aliphatic carbocycles. The maximum absolute atomic E-state index is 5.66. The molecule has 4 rings (SSSR count). The second kappa shape index (κ2) is 4.52. The Morgan fingerprint density at radius 2 is 1.71 bits per heavy atom. The maximum atomic E-state index is 5.66. The number of hydrogen-bond donors (Lipinski definition) is 2. The second-order valence-corrected chi connectivity index (χ2v) is 6.94. The van der Waals surface area contributed by atoms with Crippen molar-refractivity contribution in [3.63, 3.8) is 0 Å². The topological polar surface area (TPSA) is 47.3 Å². The lowest BCUT2D eigenvalue weighted by Gasteiger charge is -2.57.